The summed E-state index contributed by atoms with van der Waals surface area (Å²) in [4.78, 5) is 4.76. The van der Waals surface area contributed by atoms with E-state index in [-0.39, 0.29) is 29.6 Å². The van der Waals surface area contributed by atoms with Crippen LogP contribution in [-0.2, 0) is 15.9 Å². The molecule has 1 aliphatic rings. The van der Waals surface area contributed by atoms with E-state index in [2.05, 4.69) is 17.6 Å². The Kier molecular flexibility index (Phi) is 11.2. The molecule has 0 unspecified atom stereocenters. The first-order valence-corrected chi connectivity index (χ1v) is 8.95. The summed E-state index contributed by atoms with van der Waals surface area (Å²) in [5, 5.41) is 6.79. The molecule has 0 spiro atoms. The number of rotatable bonds is 9. The second kappa shape index (κ2) is 12.5. The van der Waals surface area contributed by atoms with Crippen molar-refractivity contribution in [3.8, 4) is 0 Å². The molecule has 0 aromatic carbocycles. The van der Waals surface area contributed by atoms with Crippen LogP contribution in [0.15, 0.2) is 27.8 Å². The van der Waals surface area contributed by atoms with Crippen molar-refractivity contribution < 1.29 is 13.9 Å². The lowest BCUT2D eigenvalue weighted by Crippen LogP contribution is -2.44. The van der Waals surface area contributed by atoms with Crippen molar-refractivity contribution >= 4 is 29.9 Å². The van der Waals surface area contributed by atoms with Crippen molar-refractivity contribution in [2.45, 2.75) is 44.6 Å². The highest BCUT2D eigenvalue weighted by molar-refractivity contribution is 14.0. The third-order valence-electron chi connectivity index (χ3n) is 4.43. The lowest BCUT2D eigenvalue weighted by molar-refractivity contribution is -0.0828. The van der Waals surface area contributed by atoms with Crippen molar-refractivity contribution in [1.82, 2.24) is 10.6 Å². The van der Waals surface area contributed by atoms with E-state index in [1.807, 2.05) is 12.1 Å². The van der Waals surface area contributed by atoms with Crippen LogP contribution in [0.3, 0.4) is 0 Å². The number of aliphatic imine (C=N–C) groups is 1. The van der Waals surface area contributed by atoms with Crippen LogP contribution < -0.4 is 10.6 Å². The highest BCUT2D eigenvalue weighted by atomic mass is 127. The highest BCUT2D eigenvalue weighted by Crippen LogP contribution is 2.24. The molecule has 0 saturated carbocycles. The maximum atomic E-state index is 5.76. The molecule has 1 aromatic heterocycles. The number of nitrogens with zero attached hydrogens (tertiary/aromatic N) is 1. The molecule has 0 amide bonds. The van der Waals surface area contributed by atoms with Gasteiger partial charge in [-0.2, -0.15) is 0 Å². The van der Waals surface area contributed by atoms with Gasteiger partial charge in [-0.15, -0.1) is 24.0 Å². The summed E-state index contributed by atoms with van der Waals surface area (Å²) in [6, 6.07) is 3.91. The fourth-order valence-electron chi connectivity index (χ4n) is 2.71. The minimum absolute atomic E-state index is 0. The van der Waals surface area contributed by atoms with E-state index in [0.717, 1.165) is 70.1 Å². The van der Waals surface area contributed by atoms with E-state index in [4.69, 9.17) is 18.9 Å². The van der Waals surface area contributed by atoms with E-state index in [1.54, 1.807) is 13.4 Å². The average molecular weight is 465 g/mol. The second-order valence-corrected chi connectivity index (χ2v) is 6.20. The van der Waals surface area contributed by atoms with Crippen LogP contribution in [0.4, 0.5) is 0 Å². The Balaban J connectivity index is 0.00000312. The van der Waals surface area contributed by atoms with E-state index in [0.29, 0.717) is 6.54 Å². The molecule has 0 aliphatic carbocycles. The van der Waals surface area contributed by atoms with Crippen LogP contribution in [0.1, 0.15) is 38.4 Å². The van der Waals surface area contributed by atoms with Gasteiger partial charge in [-0.1, -0.05) is 13.3 Å². The number of ether oxygens (including phenoxy) is 2. The van der Waals surface area contributed by atoms with Crippen LogP contribution in [0.25, 0.3) is 0 Å². The van der Waals surface area contributed by atoms with Gasteiger partial charge >= 0.3 is 0 Å². The van der Waals surface area contributed by atoms with Gasteiger partial charge in [-0.25, -0.2) is 0 Å². The number of hydrogen-bond donors (Lipinski definition) is 2. The first-order chi connectivity index (χ1) is 11.8. The quantitative estimate of drug-likeness (QED) is 0.254. The monoisotopic (exact) mass is 465 g/mol. The Morgan fingerprint density at radius 2 is 2.04 bits per heavy atom. The zero-order chi connectivity index (χ0) is 17.1. The Morgan fingerprint density at radius 3 is 2.68 bits per heavy atom. The molecule has 7 heteroatoms. The summed E-state index contributed by atoms with van der Waals surface area (Å²) in [5.41, 5.74) is -0.196. The highest BCUT2D eigenvalue weighted by Gasteiger charge is 2.32. The minimum Gasteiger partial charge on any atom is -0.469 e. The second-order valence-electron chi connectivity index (χ2n) is 6.20. The standard InChI is InChI=1S/C18H31N3O3.HI/c1-3-4-10-19-17(20-11-7-16-6-5-12-24-16)21-15-18(22-2)8-13-23-14-9-18;/h5-6,12H,3-4,7-11,13-15H2,1-2H3,(H2,19,20,21);1H. The van der Waals surface area contributed by atoms with E-state index in [9.17, 15) is 0 Å². The molecule has 1 aromatic rings. The fraction of sp³-hybridized carbons (Fsp3) is 0.722. The summed E-state index contributed by atoms with van der Waals surface area (Å²) in [7, 11) is 1.77. The van der Waals surface area contributed by atoms with Crippen molar-refractivity contribution in [3.05, 3.63) is 24.2 Å². The molecule has 25 heavy (non-hydrogen) atoms. The first kappa shape index (κ1) is 22.2. The molecule has 2 heterocycles. The molecule has 1 saturated heterocycles. The number of methoxy groups -OCH3 is 1. The van der Waals surface area contributed by atoms with Gasteiger partial charge in [0, 0.05) is 52.7 Å². The lowest BCUT2D eigenvalue weighted by Gasteiger charge is -2.34. The van der Waals surface area contributed by atoms with Crippen LogP contribution >= 0.6 is 24.0 Å². The molecule has 0 radical (unpaired) electrons. The third kappa shape index (κ3) is 7.96. The van der Waals surface area contributed by atoms with Crippen molar-refractivity contribution in [3.63, 3.8) is 0 Å². The Morgan fingerprint density at radius 1 is 1.28 bits per heavy atom. The number of nitrogens with one attached hydrogen (secondary N) is 2. The van der Waals surface area contributed by atoms with Crippen molar-refractivity contribution in [2.75, 3.05) is 40.0 Å². The van der Waals surface area contributed by atoms with Gasteiger partial charge in [0.25, 0.3) is 0 Å². The molecular weight excluding hydrogens is 433 g/mol. The fourth-order valence-corrected chi connectivity index (χ4v) is 2.71. The molecule has 2 rings (SSSR count). The van der Waals surface area contributed by atoms with Gasteiger partial charge in [0.05, 0.1) is 18.4 Å². The zero-order valence-electron chi connectivity index (χ0n) is 15.4. The molecule has 0 bridgehead atoms. The summed E-state index contributed by atoms with van der Waals surface area (Å²) in [5.74, 6) is 1.83. The van der Waals surface area contributed by atoms with Crippen molar-refractivity contribution in [2.24, 2.45) is 4.99 Å². The molecular formula is C18H32IN3O3. The summed E-state index contributed by atoms with van der Waals surface area (Å²) in [6.07, 6.45) is 6.61. The molecule has 2 N–H and O–H groups in total. The summed E-state index contributed by atoms with van der Waals surface area (Å²) >= 11 is 0. The van der Waals surface area contributed by atoms with Gasteiger partial charge in [-0.3, -0.25) is 4.99 Å². The summed E-state index contributed by atoms with van der Waals surface area (Å²) < 4.78 is 16.6. The molecule has 1 fully saturated rings. The number of halogens is 1. The van der Waals surface area contributed by atoms with Gasteiger partial charge in [-0.05, 0) is 18.6 Å². The molecule has 1 aliphatic heterocycles. The zero-order valence-corrected chi connectivity index (χ0v) is 17.7. The normalized spacial score (nSPS) is 17.0. The number of furan rings is 1. The maximum Gasteiger partial charge on any atom is 0.191 e. The van der Waals surface area contributed by atoms with Crippen molar-refractivity contribution in [1.29, 1.82) is 0 Å². The molecule has 6 nitrogen and oxygen atoms in total. The number of hydrogen-bond acceptors (Lipinski definition) is 4. The minimum atomic E-state index is -0.196. The molecule has 0 atom stereocenters. The predicted octanol–water partition coefficient (Wildman–Crippen LogP) is 2.97. The van der Waals surface area contributed by atoms with E-state index in [1.165, 1.54) is 0 Å². The first-order valence-electron chi connectivity index (χ1n) is 8.95. The van der Waals surface area contributed by atoms with Gasteiger partial charge in [0.15, 0.2) is 5.96 Å². The molecule has 144 valence electrons. The number of unbranched alkanes of at least 4 members (excludes halogenated alkanes) is 1. The van der Waals surface area contributed by atoms with E-state index < -0.39 is 0 Å². The SMILES string of the molecule is CCCCNC(=NCC1(OC)CCOCC1)NCCc1ccco1.I. The Bertz CT molecular complexity index is 474. The van der Waals surface area contributed by atoms with Crippen LogP contribution in [0.2, 0.25) is 0 Å². The maximum absolute atomic E-state index is 5.76. The van der Waals surface area contributed by atoms with E-state index >= 15 is 0 Å². The predicted molar refractivity (Wildman–Crippen MR) is 111 cm³/mol. The largest absolute Gasteiger partial charge is 0.469 e. The van der Waals surface area contributed by atoms with Crippen LogP contribution in [0, 0.1) is 0 Å². The average Bonchev–Trinajstić information content (AvgIpc) is 3.13. The third-order valence-corrected chi connectivity index (χ3v) is 4.43. The Labute approximate surface area is 168 Å². The van der Waals surface area contributed by atoms with Gasteiger partial charge in [0.2, 0.25) is 0 Å². The number of guanidine groups is 1. The smallest absolute Gasteiger partial charge is 0.191 e. The van der Waals surface area contributed by atoms with Gasteiger partial charge in [0.1, 0.15) is 5.76 Å². The van der Waals surface area contributed by atoms with Crippen LogP contribution in [-0.4, -0.2) is 51.5 Å². The lowest BCUT2D eigenvalue weighted by atomic mass is 9.94. The van der Waals surface area contributed by atoms with Crippen LogP contribution in [0.5, 0.6) is 0 Å². The topological polar surface area (TPSA) is 68.0 Å². The summed E-state index contributed by atoms with van der Waals surface area (Å²) in [6.45, 7) is 6.03. The Hall–Kier alpha value is -0.800. The van der Waals surface area contributed by atoms with Gasteiger partial charge < -0.3 is 24.5 Å².